The lowest BCUT2D eigenvalue weighted by atomic mass is 9.98. The highest BCUT2D eigenvalue weighted by Crippen LogP contribution is 2.34. The Balaban J connectivity index is 1.28. The minimum absolute atomic E-state index is 0.0479. The summed E-state index contributed by atoms with van der Waals surface area (Å²) in [4.78, 5) is 17.8. The zero-order valence-electron chi connectivity index (χ0n) is 20.0. The van der Waals surface area contributed by atoms with Gasteiger partial charge in [0.15, 0.2) is 11.5 Å². The maximum atomic E-state index is 13.3. The number of carbonyl (C=O) groups excluding carboxylic acids is 1. The van der Waals surface area contributed by atoms with E-state index in [9.17, 15) is 14.3 Å². The first-order valence-electron chi connectivity index (χ1n) is 12.7. The molecule has 0 radical (unpaired) electrons. The first-order chi connectivity index (χ1) is 17.1. The van der Waals surface area contributed by atoms with E-state index in [1.165, 1.54) is 18.6 Å². The zero-order chi connectivity index (χ0) is 24.2. The standard InChI is InChI=1S/C27H34FN3O4/c28-21-5-7-22(8-6-21)31-13-10-20(17-31)27(33)29-23(18-30-11-2-1-3-12-30)26(32)19-4-9-24-25(16-19)35-15-14-34-24/h4-9,16,20,23,26,32H,1-3,10-15,17-18H2,(H,29,33)/t20-,23+,26+/m0/s1. The fourth-order valence-corrected chi connectivity index (χ4v) is 5.28. The third kappa shape index (κ3) is 5.70. The van der Waals surface area contributed by atoms with Crippen molar-refractivity contribution in [3.63, 3.8) is 0 Å². The Bertz CT molecular complexity index is 1010. The van der Waals surface area contributed by atoms with Gasteiger partial charge in [-0.15, -0.1) is 0 Å². The number of fused-ring (bicyclic) bond motifs is 1. The number of amides is 1. The lowest BCUT2D eigenvalue weighted by molar-refractivity contribution is -0.126. The fourth-order valence-electron chi connectivity index (χ4n) is 5.28. The monoisotopic (exact) mass is 483 g/mol. The number of ether oxygens (including phenoxy) is 2. The molecule has 2 saturated heterocycles. The van der Waals surface area contributed by atoms with E-state index in [1.54, 1.807) is 12.1 Å². The highest BCUT2D eigenvalue weighted by Gasteiger charge is 2.33. The Kier molecular flexibility index (Phi) is 7.39. The van der Waals surface area contributed by atoms with Gasteiger partial charge in [-0.2, -0.15) is 0 Å². The van der Waals surface area contributed by atoms with E-state index in [0.717, 1.165) is 44.6 Å². The molecule has 7 nitrogen and oxygen atoms in total. The van der Waals surface area contributed by atoms with Gasteiger partial charge < -0.3 is 29.7 Å². The van der Waals surface area contributed by atoms with Crippen LogP contribution in [0, 0.1) is 11.7 Å². The van der Waals surface area contributed by atoms with Gasteiger partial charge in [-0.05, 0) is 74.3 Å². The molecule has 3 aliphatic heterocycles. The number of nitrogens with one attached hydrogen (secondary N) is 1. The van der Waals surface area contributed by atoms with Gasteiger partial charge in [-0.25, -0.2) is 4.39 Å². The molecule has 0 saturated carbocycles. The summed E-state index contributed by atoms with van der Waals surface area (Å²) in [6.07, 6.45) is 3.34. The molecule has 0 spiro atoms. The molecule has 2 aromatic carbocycles. The quantitative estimate of drug-likeness (QED) is 0.631. The predicted molar refractivity (Wildman–Crippen MR) is 131 cm³/mol. The molecule has 3 atom stereocenters. The van der Waals surface area contributed by atoms with Crippen LogP contribution in [-0.4, -0.2) is 67.9 Å². The fraction of sp³-hybridized carbons (Fsp3) is 0.519. The summed E-state index contributed by atoms with van der Waals surface area (Å²) in [6, 6.07) is 11.4. The van der Waals surface area contributed by atoms with E-state index in [-0.39, 0.29) is 17.6 Å². The number of hydrogen-bond acceptors (Lipinski definition) is 6. The molecule has 2 aromatic rings. The van der Waals surface area contributed by atoms with Crippen LogP contribution in [0.1, 0.15) is 37.4 Å². The Morgan fingerprint density at radius 2 is 1.77 bits per heavy atom. The molecule has 3 heterocycles. The Hall–Kier alpha value is -2.84. The van der Waals surface area contributed by atoms with Gasteiger partial charge in [0.2, 0.25) is 5.91 Å². The van der Waals surface area contributed by atoms with E-state index < -0.39 is 12.1 Å². The van der Waals surface area contributed by atoms with Crippen LogP contribution in [-0.2, 0) is 4.79 Å². The van der Waals surface area contributed by atoms with Crippen molar-refractivity contribution in [3.05, 3.63) is 53.8 Å². The molecule has 35 heavy (non-hydrogen) atoms. The molecule has 1 amide bonds. The molecule has 0 unspecified atom stereocenters. The average Bonchev–Trinajstić information content (AvgIpc) is 3.39. The van der Waals surface area contributed by atoms with Crippen LogP contribution in [0.4, 0.5) is 10.1 Å². The van der Waals surface area contributed by atoms with Crippen molar-refractivity contribution in [2.24, 2.45) is 5.92 Å². The van der Waals surface area contributed by atoms with Crippen LogP contribution in [0.2, 0.25) is 0 Å². The summed E-state index contributed by atoms with van der Waals surface area (Å²) in [5.41, 5.74) is 1.62. The van der Waals surface area contributed by atoms with Gasteiger partial charge in [-0.1, -0.05) is 12.5 Å². The lowest BCUT2D eigenvalue weighted by Crippen LogP contribution is -2.50. The largest absolute Gasteiger partial charge is 0.486 e. The van der Waals surface area contributed by atoms with E-state index in [4.69, 9.17) is 9.47 Å². The summed E-state index contributed by atoms with van der Waals surface area (Å²) in [5, 5.41) is 14.6. The summed E-state index contributed by atoms with van der Waals surface area (Å²) in [7, 11) is 0. The van der Waals surface area contributed by atoms with Crippen molar-refractivity contribution in [1.29, 1.82) is 0 Å². The second-order valence-corrected chi connectivity index (χ2v) is 9.73. The van der Waals surface area contributed by atoms with Gasteiger partial charge in [0.05, 0.1) is 12.0 Å². The van der Waals surface area contributed by atoms with Crippen LogP contribution in [0.5, 0.6) is 11.5 Å². The summed E-state index contributed by atoms with van der Waals surface area (Å²) in [6.45, 7) is 4.85. The number of rotatable bonds is 7. The van der Waals surface area contributed by atoms with E-state index >= 15 is 0 Å². The van der Waals surface area contributed by atoms with Gasteiger partial charge in [0.25, 0.3) is 0 Å². The van der Waals surface area contributed by atoms with Crippen LogP contribution < -0.4 is 19.7 Å². The first kappa shape index (κ1) is 23.9. The topological polar surface area (TPSA) is 74.3 Å². The zero-order valence-corrected chi connectivity index (χ0v) is 20.0. The molecule has 2 N–H and O–H groups in total. The lowest BCUT2D eigenvalue weighted by Gasteiger charge is -2.34. The normalized spacial score (nSPS) is 22.0. The highest BCUT2D eigenvalue weighted by molar-refractivity contribution is 5.80. The number of halogens is 1. The Morgan fingerprint density at radius 3 is 2.54 bits per heavy atom. The number of anilines is 1. The number of piperidine rings is 1. The molecule has 0 bridgehead atoms. The van der Waals surface area contributed by atoms with Crippen LogP contribution >= 0.6 is 0 Å². The maximum absolute atomic E-state index is 13.3. The molecular weight excluding hydrogens is 449 g/mol. The molecule has 5 rings (SSSR count). The Morgan fingerprint density at radius 1 is 1.03 bits per heavy atom. The van der Waals surface area contributed by atoms with Crippen molar-refractivity contribution in [2.75, 3.05) is 50.8 Å². The number of aliphatic hydroxyl groups excluding tert-OH is 1. The van der Waals surface area contributed by atoms with Crippen molar-refractivity contribution in [2.45, 2.75) is 37.8 Å². The van der Waals surface area contributed by atoms with Crippen molar-refractivity contribution < 1.29 is 23.8 Å². The molecule has 8 heteroatoms. The summed E-state index contributed by atoms with van der Waals surface area (Å²) < 4.78 is 24.6. The maximum Gasteiger partial charge on any atom is 0.225 e. The van der Waals surface area contributed by atoms with Gasteiger partial charge in [-0.3, -0.25) is 4.79 Å². The van der Waals surface area contributed by atoms with E-state index in [1.807, 2.05) is 18.2 Å². The van der Waals surface area contributed by atoms with E-state index in [0.29, 0.717) is 43.4 Å². The molecule has 0 aliphatic carbocycles. The molecule has 0 aromatic heterocycles. The third-order valence-corrected chi connectivity index (χ3v) is 7.27. The second-order valence-electron chi connectivity index (χ2n) is 9.73. The highest BCUT2D eigenvalue weighted by atomic mass is 19.1. The predicted octanol–water partition coefficient (Wildman–Crippen LogP) is 3.13. The second kappa shape index (κ2) is 10.8. The number of carbonyl (C=O) groups is 1. The summed E-state index contributed by atoms with van der Waals surface area (Å²) in [5.74, 6) is 0.803. The minimum atomic E-state index is -0.869. The third-order valence-electron chi connectivity index (χ3n) is 7.27. The molecular formula is C27H34FN3O4. The smallest absolute Gasteiger partial charge is 0.225 e. The number of benzene rings is 2. The Labute approximate surface area is 205 Å². The van der Waals surface area contributed by atoms with Crippen molar-refractivity contribution >= 4 is 11.6 Å². The van der Waals surface area contributed by atoms with Crippen molar-refractivity contribution in [1.82, 2.24) is 10.2 Å². The number of hydrogen-bond donors (Lipinski definition) is 2. The summed E-state index contributed by atoms with van der Waals surface area (Å²) >= 11 is 0. The minimum Gasteiger partial charge on any atom is -0.486 e. The van der Waals surface area contributed by atoms with Gasteiger partial charge in [0, 0.05) is 25.3 Å². The van der Waals surface area contributed by atoms with Crippen LogP contribution in [0.3, 0.4) is 0 Å². The SMILES string of the molecule is O=C(N[C@H](CN1CCCCC1)[C@H](O)c1ccc2c(c1)OCCO2)[C@H]1CCN(c2ccc(F)cc2)C1. The van der Waals surface area contributed by atoms with E-state index in [2.05, 4.69) is 15.1 Å². The molecule has 188 valence electrons. The van der Waals surface area contributed by atoms with Crippen LogP contribution in [0.15, 0.2) is 42.5 Å². The van der Waals surface area contributed by atoms with Crippen molar-refractivity contribution in [3.8, 4) is 11.5 Å². The number of likely N-dealkylation sites (tertiary alicyclic amines) is 1. The van der Waals surface area contributed by atoms with Gasteiger partial charge >= 0.3 is 0 Å². The number of aliphatic hydroxyl groups is 1. The molecule has 2 fully saturated rings. The van der Waals surface area contributed by atoms with Crippen LogP contribution in [0.25, 0.3) is 0 Å². The number of nitrogens with zero attached hydrogens (tertiary/aromatic N) is 2. The van der Waals surface area contributed by atoms with Gasteiger partial charge in [0.1, 0.15) is 25.1 Å². The first-order valence-corrected chi connectivity index (χ1v) is 12.7. The average molecular weight is 484 g/mol. The molecule has 3 aliphatic rings.